The molecule has 106 valence electrons. The molecule has 1 aliphatic carbocycles. The standard InChI is InChI=1S/C15H19N3O2/c1-18-15-5-3-2-4-13(15)14(16-18)10-20-12-8-6-11(17-19)7-9-12/h2-5,12,19H,6-10H2,1H3. The molecular formula is C15H19N3O2. The van der Waals surface area contributed by atoms with Crippen LogP contribution in [0.25, 0.3) is 10.9 Å². The van der Waals surface area contributed by atoms with E-state index in [1.54, 1.807) is 0 Å². The number of fused-ring (bicyclic) bond motifs is 1. The molecule has 1 N–H and O–H groups in total. The smallest absolute Gasteiger partial charge is 0.0960 e. The molecule has 0 spiro atoms. The van der Waals surface area contributed by atoms with Crippen molar-refractivity contribution in [1.82, 2.24) is 9.78 Å². The molecule has 0 bridgehead atoms. The van der Waals surface area contributed by atoms with Gasteiger partial charge in [-0.2, -0.15) is 5.10 Å². The molecule has 2 aromatic rings. The highest BCUT2D eigenvalue weighted by Crippen LogP contribution is 2.22. The number of rotatable bonds is 3. The van der Waals surface area contributed by atoms with Crippen molar-refractivity contribution in [3.05, 3.63) is 30.0 Å². The van der Waals surface area contributed by atoms with E-state index in [9.17, 15) is 0 Å². The lowest BCUT2D eigenvalue weighted by Crippen LogP contribution is -2.21. The molecule has 0 unspecified atom stereocenters. The minimum Gasteiger partial charge on any atom is -0.411 e. The number of nitrogens with zero attached hydrogens (tertiary/aromatic N) is 3. The van der Waals surface area contributed by atoms with Crippen LogP contribution in [-0.4, -0.2) is 26.8 Å². The van der Waals surface area contributed by atoms with Gasteiger partial charge >= 0.3 is 0 Å². The summed E-state index contributed by atoms with van der Waals surface area (Å²) in [5.41, 5.74) is 3.00. The SMILES string of the molecule is Cn1nc(COC2CCC(=NO)CC2)c2ccccc21. The Balaban J connectivity index is 1.66. The quantitative estimate of drug-likeness (QED) is 0.691. The van der Waals surface area contributed by atoms with Crippen LogP contribution in [0.15, 0.2) is 29.4 Å². The molecule has 3 rings (SSSR count). The number of aromatic nitrogens is 2. The lowest BCUT2D eigenvalue weighted by atomic mass is 9.96. The minimum atomic E-state index is 0.237. The first-order valence-corrected chi connectivity index (χ1v) is 7.00. The van der Waals surface area contributed by atoms with Gasteiger partial charge in [0.05, 0.1) is 29.6 Å². The van der Waals surface area contributed by atoms with Crippen LogP contribution in [0.5, 0.6) is 0 Å². The van der Waals surface area contributed by atoms with Crippen molar-refractivity contribution in [2.24, 2.45) is 12.2 Å². The summed E-state index contributed by atoms with van der Waals surface area (Å²) in [6.45, 7) is 0.539. The molecule has 0 amide bonds. The Bertz CT molecular complexity index is 623. The van der Waals surface area contributed by atoms with Crippen LogP contribution in [-0.2, 0) is 18.4 Å². The van der Waals surface area contributed by atoms with E-state index in [-0.39, 0.29) is 6.10 Å². The second-order valence-corrected chi connectivity index (χ2v) is 5.26. The second-order valence-electron chi connectivity index (χ2n) is 5.26. The van der Waals surface area contributed by atoms with E-state index in [0.717, 1.165) is 48.0 Å². The van der Waals surface area contributed by atoms with Gasteiger partial charge in [0.25, 0.3) is 0 Å². The van der Waals surface area contributed by atoms with Crippen molar-refractivity contribution in [1.29, 1.82) is 0 Å². The Labute approximate surface area is 117 Å². The highest BCUT2D eigenvalue weighted by molar-refractivity contribution is 5.84. The third-order valence-corrected chi connectivity index (χ3v) is 3.94. The molecule has 1 aromatic carbocycles. The number of hydrogen-bond acceptors (Lipinski definition) is 4. The molecule has 5 heteroatoms. The summed E-state index contributed by atoms with van der Waals surface area (Å²) in [5.74, 6) is 0. The molecule has 0 atom stereocenters. The first kappa shape index (κ1) is 13.1. The van der Waals surface area contributed by atoms with Crippen LogP contribution in [0, 0.1) is 0 Å². The first-order chi connectivity index (χ1) is 9.78. The summed E-state index contributed by atoms with van der Waals surface area (Å²) in [5, 5.41) is 17.7. The van der Waals surface area contributed by atoms with Crippen LogP contribution < -0.4 is 0 Å². The van der Waals surface area contributed by atoms with E-state index in [0.29, 0.717) is 6.61 Å². The third-order valence-electron chi connectivity index (χ3n) is 3.94. The molecule has 1 fully saturated rings. The minimum absolute atomic E-state index is 0.237. The maximum Gasteiger partial charge on any atom is 0.0960 e. The van der Waals surface area contributed by atoms with E-state index in [1.807, 2.05) is 23.9 Å². The van der Waals surface area contributed by atoms with E-state index in [1.165, 1.54) is 0 Å². The van der Waals surface area contributed by atoms with Crippen molar-refractivity contribution < 1.29 is 9.94 Å². The van der Waals surface area contributed by atoms with Gasteiger partial charge in [0.1, 0.15) is 0 Å². The number of aryl methyl sites for hydroxylation is 1. The van der Waals surface area contributed by atoms with Crippen LogP contribution in [0.1, 0.15) is 31.4 Å². The summed E-state index contributed by atoms with van der Waals surface area (Å²) >= 11 is 0. The number of para-hydroxylation sites is 1. The van der Waals surface area contributed by atoms with E-state index >= 15 is 0 Å². The van der Waals surface area contributed by atoms with Gasteiger partial charge in [-0.25, -0.2) is 0 Å². The van der Waals surface area contributed by atoms with Gasteiger partial charge in [-0.05, 0) is 31.7 Å². The topological polar surface area (TPSA) is 59.6 Å². The second kappa shape index (κ2) is 5.63. The highest BCUT2D eigenvalue weighted by Gasteiger charge is 2.19. The molecule has 0 saturated heterocycles. The highest BCUT2D eigenvalue weighted by atomic mass is 16.5. The summed E-state index contributed by atoms with van der Waals surface area (Å²) < 4.78 is 7.87. The molecule has 1 aliphatic rings. The van der Waals surface area contributed by atoms with Crippen molar-refractivity contribution in [3.8, 4) is 0 Å². The Morgan fingerprint density at radius 1 is 1.35 bits per heavy atom. The van der Waals surface area contributed by atoms with Gasteiger partial charge in [0.2, 0.25) is 0 Å². The van der Waals surface area contributed by atoms with Crippen molar-refractivity contribution in [2.75, 3.05) is 0 Å². The zero-order valence-electron chi connectivity index (χ0n) is 11.6. The van der Waals surface area contributed by atoms with Gasteiger partial charge in [-0.1, -0.05) is 23.4 Å². The maximum atomic E-state index is 8.74. The van der Waals surface area contributed by atoms with Gasteiger partial charge in [0.15, 0.2) is 0 Å². The molecule has 1 saturated carbocycles. The fraction of sp³-hybridized carbons (Fsp3) is 0.467. The summed E-state index contributed by atoms with van der Waals surface area (Å²) in [7, 11) is 1.95. The Morgan fingerprint density at radius 2 is 2.10 bits per heavy atom. The number of hydrogen-bond donors (Lipinski definition) is 1. The predicted octanol–water partition coefficient (Wildman–Crippen LogP) is 2.86. The van der Waals surface area contributed by atoms with Crippen molar-refractivity contribution >= 4 is 16.6 Å². The summed E-state index contributed by atoms with van der Waals surface area (Å²) in [4.78, 5) is 0. The molecular weight excluding hydrogens is 254 g/mol. The van der Waals surface area contributed by atoms with Gasteiger partial charge in [-0.15, -0.1) is 0 Å². The lowest BCUT2D eigenvalue weighted by molar-refractivity contribution is 0.0263. The van der Waals surface area contributed by atoms with Crippen molar-refractivity contribution in [3.63, 3.8) is 0 Å². The average Bonchev–Trinajstić information content (AvgIpc) is 2.83. The van der Waals surface area contributed by atoms with Crippen LogP contribution in [0.2, 0.25) is 0 Å². The van der Waals surface area contributed by atoms with Gasteiger partial charge in [-0.3, -0.25) is 4.68 Å². The van der Waals surface area contributed by atoms with Gasteiger partial charge < -0.3 is 9.94 Å². The van der Waals surface area contributed by atoms with Crippen molar-refractivity contribution in [2.45, 2.75) is 38.4 Å². The van der Waals surface area contributed by atoms with Crippen LogP contribution in [0.3, 0.4) is 0 Å². The van der Waals surface area contributed by atoms with E-state index < -0.39 is 0 Å². The van der Waals surface area contributed by atoms with E-state index in [2.05, 4.69) is 22.4 Å². The Kier molecular flexibility index (Phi) is 3.69. The average molecular weight is 273 g/mol. The number of oxime groups is 1. The van der Waals surface area contributed by atoms with Crippen LogP contribution in [0.4, 0.5) is 0 Å². The Hall–Kier alpha value is -1.88. The number of benzene rings is 1. The largest absolute Gasteiger partial charge is 0.411 e. The zero-order chi connectivity index (χ0) is 13.9. The van der Waals surface area contributed by atoms with Gasteiger partial charge in [0, 0.05) is 12.4 Å². The fourth-order valence-corrected chi connectivity index (χ4v) is 2.78. The van der Waals surface area contributed by atoms with E-state index in [4.69, 9.17) is 9.94 Å². The van der Waals surface area contributed by atoms with Crippen LogP contribution >= 0.6 is 0 Å². The predicted molar refractivity (Wildman–Crippen MR) is 77.0 cm³/mol. The summed E-state index contributed by atoms with van der Waals surface area (Å²) in [6, 6.07) is 8.19. The molecule has 20 heavy (non-hydrogen) atoms. The Morgan fingerprint density at radius 3 is 2.85 bits per heavy atom. The molecule has 0 aliphatic heterocycles. The molecule has 5 nitrogen and oxygen atoms in total. The maximum absolute atomic E-state index is 8.74. The first-order valence-electron chi connectivity index (χ1n) is 7.00. The zero-order valence-corrected chi connectivity index (χ0v) is 11.6. The summed E-state index contributed by atoms with van der Waals surface area (Å²) in [6.07, 6.45) is 3.73. The normalized spacial score (nSPS) is 19.4. The molecule has 1 aromatic heterocycles. The lowest BCUT2D eigenvalue weighted by Gasteiger charge is -2.22. The monoisotopic (exact) mass is 273 g/mol. The molecule has 1 heterocycles. The fourth-order valence-electron chi connectivity index (χ4n) is 2.78. The molecule has 0 radical (unpaired) electrons. The third kappa shape index (κ3) is 2.54. The number of ether oxygens (including phenoxy) is 1.